The monoisotopic (exact) mass is 265 g/mol. The molecule has 0 saturated heterocycles. The van der Waals surface area contributed by atoms with Gasteiger partial charge in [0.15, 0.2) is 0 Å². The fourth-order valence-electron chi connectivity index (χ4n) is 1.51. The van der Waals surface area contributed by atoms with E-state index in [-0.39, 0.29) is 0 Å². The van der Waals surface area contributed by atoms with Crippen molar-refractivity contribution in [2.24, 2.45) is 5.73 Å². The molecule has 2 aromatic rings. The number of aromatic nitrogens is 2. The molecule has 0 radical (unpaired) electrons. The lowest BCUT2D eigenvalue weighted by atomic mass is 10.3. The van der Waals surface area contributed by atoms with Gasteiger partial charge in [0.25, 0.3) is 0 Å². The van der Waals surface area contributed by atoms with Crippen molar-refractivity contribution >= 4 is 15.9 Å². The van der Waals surface area contributed by atoms with Gasteiger partial charge in [-0.3, -0.25) is 0 Å². The molecule has 1 heterocycles. The van der Waals surface area contributed by atoms with Crippen LogP contribution in [0.25, 0.3) is 5.69 Å². The zero-order valence-corrected chi connectivity index (χ0v) is 9.81. The second-order valence-corrected chi connectivity index (χ2v) is 4.06. The number of hydrogen-bond acceptors (Lipinski definition) is 2. The SMILES string of the molecule is NCCc1nccn1-c1ccccc1Br. The van der Waals surface area contributed by atoms with E-state index in [0.717, 1.165) is 22.4 Å². The van der Waals surface area contributed by atoms with E-state index in [2.05, 4.69) is 25.5 Å². The number of rotatable bonds is 3. The van der Waals surface area contributed by atoms with Gasteiger partial charge in [-0.15, -0.1) is 0 Å². The average molecular weight is 266 g/mol. The van der Waals surface area contributed by atoms with Crippen molar-refractivity contribution in [3.05, 3.63) is 47.0 Å². The molecule has 0 unspecified atom stereocenters. The van der Waals surface area contributed by atoms with Crippen molar-refractivity contribution < 1.29 is 0 Å². The molecular weight excluding hydrogens is 254 g/mol. The van der Waals surface area contributed by atoms with Gasteiger partial charge in [-0.1, -0.05) is 12.1 Å². The van der Waals surface area contributed by atoms with E-state index in [1.54, 1.807) is 6.20 Å². The second-order valence-electron chi connectivity index (χ2n) is 3.20. The Morgan fingerprint density at radius 1 is 1.33 bits per heavy atom. The first-order valence-corrected chi connectivity index (χ1v) is 5.59. The highest BCUT2D eigenvalue weighted by Crippen LogP contribution is 2.21. The zero-order valence-electron chi connectivity index (χ0n) is 8.23. The molecule has 0 atom stereocenters. The summed E-state index contributed by atoms with van der Waals surface area (Å²) >= 11 is 3.52. The van der Waals surface area contributed by atoms with Crippen molar-refractivity contribution in [3.63, 3.8) is 0 Å². The zero-order chi connectivity index (χ0) is 10.7. The number of nitrogens with zero attached hydrogens (tertiary/aromatic N) is 2. The van der Waals surface area contributed by atoms with Gasteiger partial charge in [0.2, 0.25) is 0 Å². The summed E-state index contributed by atoms with van der Waals surface area (Å²) < 4.78 is 3.11. The lowest BCUT2D eigenvalue weighted by Crippen LogP contribution is -2.08. The van der Waals surface area contributed by atoms with E-state index >= 15 is 0 Å². The second kappa shape index (κ2) is 4.59. The van der Waals surface area contributed by atoms with Crippen molar-refractivity contribution in [2.75, 3.05) is 6.54 Å². The largest absolute Gasteiger partial charge is 0.330 e. The average Bonchev–Trinajstić information content (AvgIpc) is 2.67. The van der Waals surface area contributed by atoms with Crippen molar-refractivity contribution in [1.82, 2.24) is 9.55 Å². The predicted molar refractivity (Wildman–Crippen MR) is 64.0 cm³/mol. The molecule has 15 heavy (non-hydrogen) atoms. The Hall–Kier alpha value is -1.13. The van der Waals surface area contributed by atoms with Crippen molar-refractivity contribution in [3.8, 4) is 5.69 Å². The minimum Gasteiger partial charge on any atom is -0.330 e. The molecule has 0 amide bonds. The van der Waals surface area contributed by atoms with Crippen LogP contribution in [-0.2, 0) is 6.42 Å². The van der Waals surface area contributed by atoms with Crippen LogP contribution in [0.5, 0.6) is 0 Å². The highest BCUT2D eigenvalue weighted by molar-refractivity contribution is 9.10. The summed E-state index contributed by atoms with van der Waals surface area (Å²) in [5.74, 6) is 0.990. The van der Waals surface area contributed by atoms with Gasteiger partial charge in [0.05, 0.1) is 5.69 Å². The third-order valence-corrected chi connectivity index (χ3v) is 2.87. The maximum atomic E-state index is 5.54. The Bertz CT molecular complexity index is 451. The Morgan fingerprint density at radius 3 is 2.87 bits per heavy atom. The highest BCUT2D eigenvalue weighted by atomic mass is 79.9. The van der Waals surface area contributed by atoms with Crippen LogP contribution in [0.3, 0.4) is 0 Å². The highest BCUT2D eigenvalue weighted by Gasteiger charge is 2.06. The molecule has 0 bridgehead atoms. The molecule has 2 N–H and O–H groups in total. The van der Waals surface area contributed by atoms with Crippen LogP contribution in [0.1, 0.15) is 5.82 Å². The number of hydrogen-bond donors (Lipinski definition) is 1. The van der Waals surface area contributed by atoms with Gasteiger partial charge in [0.1, 0.15) is 5.82 Å². The van der Waals surface area contributed by atoms with Crippen LogP contribution in [-0.4, -0.2) is 16.1 Å². The first kappa shape index (κ1) is 10.4. The summed E-state index contributed by atoms with van der Waals surface area (Å²) in [4.78, 5) is 4.29. The van der Waals surface area contributed by atoms with Crippen molar-refractivity contribution in [1.29, 1.82) is 0 Å². The van der Waals surface area contributed by atoms with Gasteiger partial charge in [-0.2, -0.15) is 0 Å². The Balaban J connectivity index is 2.45. The first-order chi connectivity index (χ1) is 7.33. The van der Waals surface area contributed by atoms with Crippen LogP contribution in [0.2, 0.25) is 0 Å². The number of halogens is 1. The summed E-state index contributed by atoms with van der Waals surface area (Å²) in [6.07, 6.45) is 4.53. The van der Waals surface area contributed by atoms with Gasteiger partial charge < -0.3 is 10.3 Å². The number of imidazole rings is 1. The molecule has 1 aromatic heterocycles. The summed E-state index contributed by atoms with van der Waals surface area (Å²) in [5, 5.41) is 0. The van der Waals surface area contributed by atoms with E-state index in [1.165, 1.54) is 0 Å². The predicted octanol–water partition coefficient (Wildman–Crippen LogP) is 2.14. The minimum absolute atomic E-state index is 0.613. The third-order valence-electron chi connectivity index (χ3n) is 2.20. The molecule has 0 fully saturated rings. The van der Waals surface area contributed by atoms with Crippen LogP contribution < -0.4 is 5.73 Å². The van der Waals surface area contributed by atoms with Gasteiger partial charge in [-0.05, 0) is 34.6 Å². The molecule has 2 rings (SSSR count). The quantitative estimate of drug-likeness (QED) is 0.924. The van der Waals surface area contributed by atoms with E-state index in [9.17, 15) is 0 Å². The van der Waals surface area contributed by atoms with Crippen LogP contribution in [0.4, 0.5) is 0 Å². The Labute approximate surface area is 97.1 Å². The van der Waals surface area contributed by atoms with Crippen molar-refractivity contribution in [2.45, 2.75) is 6.42 Å². The van der Waals surface area contributed by atoms with E-state index < -0.39 is 0 Å². The van der Waals surface area contributed by atoms with Gasteiger partial charge in [0, 0.05) is 23.3 Å². The van der Waals surface area contributed by atoms with Crippen LogP contribution in [0, 0.1) is 0 Å². The molecule has 3 nitrogen and oxygen atoms in total. The lowest BCUT2D eigenvalue weighted by molar-refractivity contribution is 0.835. The number of benzene rings is 1. The fraction of sp³-hybridized carbons (Fsp3) is 0.182. The standard InChI is InChI=1S/C11H12BrN3/c12-9-3-1-2-4-10(9)15-8-7-14-11(15)5-6-13/h1-4,7-8H,5-6,13H2. The molecule has 1 aromatic carbocycles. The maximum absolute atomic E-state index is 5.54. The molecule has 0 spiro atoms. The Morgan fingerprint density at radius 2 is 2.13 bits per heavy atom. The summed E-state index contributed by atoms with van der Waals surface area (Å²) in [7, 11) is 0. The lowest BCUT2D eigenvalue weighted by Gasteiger charge is -2.08. The van der Waals surface area contributed by atoms with E-state index in [4.69, 9.17) is 5.73 Å². The first-order valence-electron chi connectivity index (χ1n) is 4.80. The molecule has 0 aliphatic rings. The van der Waals surface area contributed by atoms with Crippen LogP contribution >= 0.6 is 15.9 Å². The molecule has 0 aliphatic heterocycles. The summed E-state index contributed by atoms with van der Waals surface area (Å²) in [5.41, 5.74) is 6.64. The molecule has 4 heteroatoms. The van der Waals surface area contributed by atoms with E-state index in [1.807, 2.05) is 30.5 Å². The molecular formula is C11H12BrN3. The Kier molecular flexibility index (Phi) is 3.18. The minimum atomic E-state index is 0.613. The number of nitrogens with two attached hydrogens (primary N) is 1. The fourth-order valence-corrected chi connectivity index (χ4v) is 1.99. The normalized spacial score (nSPS) is 10.5. The molecule has 0 aliphatic carbocycles. The topological polar surface area (TPSA) is 43.8 Å². The molecule has 78 valence electrons. The van der Waals surface area contributed by atoms with Gasteiger partial charge in [-0.25, -0.2) is 4.98 Å². The van der Waals surface area contributed by atoms with Crippen LogP contribution in [0.15, 0.2) is 41.1 Å². The summed E-state index contributed by atoms with van der Waals surface area (Å²) in [6, 6.07) is 8.06. The van der Waals surface area contributed by atoms with Gasteiger partial charge >= 0.3 is 0 Å². The maximum Gasteiger partial charge on any atom is 0.114 e. The molecule has 0 saturated carbocycles. The van der Waals surface area contributed by atoms with E-state index in [0.29, 0.717) is 6.54 Å². The third kappa shape index (κ3) is 2.11. The summed E-state index contributed by atoms with van der Waals surface area (Å²) in [6.45, 7) is 0.613. The smallest absolute Gasteiger partial charge is 0.114 e. The number of para-hydroxylation sites is 1.